The van der Waals surface area contributed by atoms with E-state index in [1.54, 1.807) is 7.11 Å². The van der Waals surface area contributed by atoms with E-state index in [2.05, 4.69) is 6.92 Å². The SMILES string of the molecule is CCCCC(C(=O)N1CCOCC1)c1cc2cccc(OC)c2o1. The van der Waals surface area contributed by atoms with E-state index in [9.17, 15) is 4.79 Å². The largest absolute Gasteiger partial charge is 0.493 e. The summed E-state index contributed by atoms with van der Waals surface area (Å²) in [5.41, 5.74) is 0.714. The fourth-order valence-corrected chi connectivity index (χ4v) is 3.19. The van der Waals surface area contributed by atoms with Gasteiger partial charge in [-0.2, -0.15) is 0 Å². The van der Waals surface area contributed by atoms with Crippen molar-refractivity contribution in [3.63, 3.8) is 0 Å². The highest BCUT2D eigenvalue weighted by Crippen LogP contribution is 2.34. The fourth-order valence-electron chi connectivity index (χ4n) is 3.19. The molecular formula is C19H25NO4. The van der Waals surface area contributed by atoms with Crippen LogP contribution in [0, 0.1) is 0 Å². The Balaban J connectivity index is 1.91. The minimum atomic E-state index is -0.236. The Morgan fingerprint density at radius 2 is 2.12 bits per heavy atom. The number of morpholine rings is 1. The van der Waals surface area contributed by atoms with Crippen molar-refractivity contribution in [2.45, 2.75) is 32.1 Å². The molecule has 1 fully saturated rings. The second-order valence-corrected chi connectivity index (χ2v) is 6.16. The van der Waals surface area contributed by atoms with Gasteiger partial charge in [0.25, 0.3) is 0 Å². The van der Waals surface area contributed by atoms with E-state index in [4.69, 9.17) is 13.9 Å². The predicted molar refractivity (Wildman–Crippen MR) is 92.4 cm³/mol. The van der Waals surface area contributed by atoms with Gasteiger partial charge in [0.2, 0.25) is 5.91 Å². The number of amides is 1. The van der Waals surface area contributed by atoms with Crippen LogP contribution >= 0.6 is 0 Å². The summed E-state index contributed by atoms with van der Waals surface area (Å²) in [6.45, 7) is 4.67. The average molecular weight is 331 g/mol. The Hall–Kier alpha value is -2.01. The lowest BCUT2D eigenvalue weighted by Gasteiger charge is -2.29. The van der Waals surface area contributed by atoms with Crippen LogP contribution in [0.3, 0.4) is 0 Å². The molecule has 1 atom stereocenters. The zero-order chi connectivity index (χ0) is 16.9. The third-order valence-electron chi connectivity index (χ3n) is 4.56. The number of hydrogen-bond acceptors (Lipinski definition) is 4. The van der Waals surface area contributed by atoms with Crippen LogP contribution < -0.4 is 4.74 Å². The molecule has 1 saturated heterocycles. The van der Waals surface area contributed by atoms with Gasteiger partial charge in [-0.15, -0.1) is 0 Å². The first-order chi connectivity index (χ1) is 11.7. The molecule has 1 unspecified atom stereocenters. The predicted octanol–water partition coefficient (Wildman–Crippen LogP) is 3.57. The molecule has 3 rings (SSSR count). The molecule has 0 spiro atoms. The van der Waals surface area contributed by atoms with Crippen molar-refractivity contribution in [2.24, 2.45) is 0 Å². The van der Waals surface area contributed by atoms with Crippen LogP contribution in [0.4, 0.5) is 0 Å². The molecule has 130 valence electrons. The number of fused-ring (bicyclic) bond motifs is 1. The standard InChI is InChI=1S/C19H25NO4/c1-3-4-7-15(19(21)20-9-11-23-12-10-20)17-13-14-6-5-8-16(22-2)18(14)24-17/h5-6,8,13,15H,3-4,7,9-12H2,1-2H3. The van der Waals surface area contributed by atoms with Gasteiger partial charge in [-0.3, -0.25) is 4.79 Å². The van der Waals surface area contributed by atoms with Crippen molar-refractivity contribution >= 4 is 16.9 Å². The lowest BCUT2D eigenvalue weighted by molar-refractivity contribution is -0.137. The molecule has 0 N–H and O–H groups in total. The summed E-state index contributed by atoms with van der Waals surface area (Å²) in [4.78, 5) is 14.9. The fraction of sp³-hybridized carbons (Fsp3) is 0.526. The minimum absolute atomic E-state index is 0.143. The summed E-state index contributed by atoms with van der Waals surface area (Å²) in [5, 5.41) is 0.973. The summed E-state index contributed by atoms with van der Waals surface area (Å²) in [6, 6.07) is 7.78. The first kappa shape index (κ1) is 16.8. The average Bonchev–Trinajstić information content (AvgIpc) is 3.06. The monoisotopic (exact) mass is 331 g/mol. The Morgan fingerprint density at radius 3 is 2.83 bits per heavy atom. The van der Waals surface area contributed by atoms with Crippen molar-refractivity contribution in [3.8, 4) is 5.75 Å². The lowest BCUT2D eigenvalue weighted by Crippen LogP contribution is -2.43. The van der Waals surface area contributed by atoms with Crippen LogP contribution in [0.15, 0.2) is 28.7 Å². The van der Waals surface area contributed by atoms with Gasteiger partial charge in [0.15, 0.2) is 11.3 Å². The molecule has 24 heavy (non-hydrogen) atoms. The number of unbranched alkanes of at least 4 members (excludes halogenated alkanes) is 1. The quantitative estimate of drug-likeness (QED) is 0.812. The van der Waals surface area contributed by atoms with Crippen molar-refractivity contribution in [3.05, 3.63) is 30.0 Å². The van der Waals surface area contributed by atoms with Gasteiger partial charge in [-0.25, -0.2) is 0 Å². The number of methoxy groups -OCH3 is 1. The van der Waals surface area contributed by atoms with Gasteiger partial charge in [0.05, 0.1) is 26.2 Å². The number of carbonyl (C=O) groups excluding carboxylic acids is 1. The van der Waals surface area contributed by atoms with E-state index in [1.807, 2.05) is 29.2 Å². The Bertz CT molecular complexity index is 688. The minimum Gasteiger partial charge on any atom is -0.493 e. The topological polar surface area (TPSA) is 51.9 Å². The van der Waals surface area contributed by atoms with Crippen LogP contribution in [0.5, 0.6) is 5.75 Å². The normalized spacial score (nSPS) is 16.3. The number of carbonyl (C=O) groups is 1. The molecule has 0 bridgehead atoms. The Labute approximate surface area is 142 Å². The second kappa shape index (κ2) is 7.71. The summed E-state index contributed by atoms with van der Waals surface area (Å²) in [5.74, 6) is 1.34. The maximum atomic E-state index is 13.0. The van der Waals surface area contributed by atoms with E-state index in [0.717, 1.165) is 30.4 Å². The maximum Gasteiger partial charge on any atom is 0.233 e. The lowest BCUT2D eigenvalue weighted by atomic mass is 9.97. The number of rotatable bonds is 6. The number of furan rings is 1. The number of nitrogens with zero attached hydrogens (tertiary/aromatic N) is 1. The van der Waals surface area contributed by atoms with E-state index in [0.29, 0.717) is 37.6 Å². The Morgan fingerprint density at radius 1 is 1.33 bits per heavy atom. The smallest absolute Gasteiger partial charge is 0.233 e. The van der Waals surface area contributed by atoms with Gasteiger partial charge in [-0.05, 0) is 18.6 Å². The molecule has 0 radical (unpaired) electrons. The first-order valence-corrected chi connectivity index (χ1v) is 8.67. The molecule has 5 heteroatoms. The molecule has 1 aromatic heterocycles. The van der Waals surface area contributed by atoms with Gasteiger partial charge in [0.1, 0.15) is 5.76 Å². The second-order valence-electron chi connectivity index (χ2n) is 6.16. The highest BCUT2D eigenvalue weighted by molar-refractivity contribution is 5.88. The van der Waals surface area contributed by atoms with E-state index >= 15 is 0 Å². The third-order valence-corrected chi connectivity index (χ3v) is 4.56. The van der Waals surface area contributed by atoms with Crippen molar-refractivity contribution in [1.29, 1.82) is 0 Å². The molecule has 1 aliphatic heterocycles. The van der Waals surface area contributed by atoms with Gasteiger partial charge < -0.3 is 18.8 Å². The molecule has 1 amide bonds. The van der Waals surface area contributed by atoms with E-state index in [1.165, 1.54) is 0 Å². The summed E-state index contributed by atoms with van der Waals surface area (Å²) < 4.78 is 16.8. The zero-order valence-corrected chi connectivity index (χ0v) is 14.4. The van der Waals surface area contributed by atoms with Crippen LogP contribution in [0.2, 0.25) is 0 Å². The molecule has 5 nitrogen and oxygen atoms in total. The number of benzene rings is 1. The van der Waals surface area contributed by atoms with Crippen molar-refractivity contribution in [2.75, 3.05) is 33.4 Å². The molecule has 0 aliphatic carbocycles. The van der Waals surface area contributed by atoms with Crippen LogP contribution in [0.25, 0.3) is 11.0 Å². The molecule has 1 aromatic carbocycles. The van der Waals surface area contributed by atoms with Gasteiger partial charge in [0, 0.05) is 18.5 Å². The van der Waals surface area contributed by atoms with Gasteiger partial charge in [-0.1, -0.05) is 31.9 Å². The van der Waals surface area contributed by atoms with Crippen molar-refractivity contribution in [1.82, 2.24) is 4.90 Å². The summed E-state index contributed by atoms with van der Waals surface area (Å²) >= 11 is 0. The molecular weight excluding hydrogens is 306 g/mol. The summed E-state index contributed by atoms with van der Waals surface area (Å²) in [7, 11) is 1.63. The first-order valence-electron chi connectivity index (χ1n) is 8.67. The van der Waals surface area contributed by atoms with Crippen LogP contribution in [-0.4, -0.2) is 44.2 Å². The number of para-hydroxylation sites is 1. The zero-order valence-electron chi connectivity index (χ0n) is 14.4. The maximum absolute atomic E-state index is 13.0. The highest BCUT2D eigenvalue weighted by atomic mass is 16.5. The van der Waals surface area contributed by atoms with Crippen LogP contribution in [-0.2, 0) is 9.53 Å². The molecule has 0 saturated carbocycles. The van der Waals surface area contributed by atoms with Gasteiger partial charge >= 0.3 is 0 Å². The third kappa shape index (κ3) is 3.41. The van der Waals surface area contributed by atoms with Crippen LogP contribution in [0.1, 0.15) is 37.9 Å². The molecule has 2 aromatic rings. The highest BCUT2D eigenvalue weighted by Gasteiger charge is 2.29. The summed E-state index contributed by atoms with van der Waals surface area (Å²) in [6.07, 6.45) is 2.85. The number of hydrogen-bond donors (Lipinski definition) is 0. The van der Waals surface area contributed by atoms with E-state index < -0.39 is 0 Å². The van der Waals surface area contributed by atoms with Crippen molar-refractivity contribution < 1.29 is 18.7 Å². The molecule has 1 aliphatic rings. The molecule has 2 heterocycles. The Kier molecular flexibility index (Phi) is 5.41. The number of ether oxygens (including phenoxy) is 2. The van der Waals surface area contributed by atoms with E-state index in [-0.39, 0.29) is 11.8 Å².